The van der Waals surface area contributed by atoms with Gasteiger partial charge in [-0.3, -0.25) is 5.10 Å². The monoisotopic (exact) mass is 331 g/mol. The normalized spacial score (nSPS) is 10.9. The van der Waals surface area contributed by atoms with Crippen LogP contribution in [-0.2, 0) is 13.1 Å². The number of ether oxygens (including phenoxy) is 1. The first-order valence-corrected chi connectivity index (χ1v) is 7.83. The summed E-state index contributed by atoms with van der Waals surface area (Å²) in [4.78, 5) is 0. The summed E-state index contributed by atoms with van der Waals surface area (Å²) in [6.45, 7) is 3.87. The fourth-order valence-corrected chi connectivity index (χ4v) is 2.59. The second-order valence-corrected chi connectivity index (χ2v) is 5.44. The van der Waals surface area contributed by atoms with Crippen molar-refractivity contribution in [2.24, 2.45) is 0 Å². The van der Waals surface area contributed by atoms with Crippen LogP contribution in [0.5, 0.6) is 5.75 Å². The van der Waals surface area contributed by atoms with E-state index in [-0.39, 0.29) is 0 Å². The summed E-state index contributed by atoms with van der Waals surface area (Å²) in [5.41, 5.74) is 2.99. The highest BCUT2D eigenvalue weighted by Gasteiger charge is 2.10. The number of rotatable bonds is 7. The zero-order valence-electron chi connectivity index (χ0n) is 12.8. The number of aromatic nitrogens is 2. The Morgan fingerprint density at radius 3 is 2.96 bits per heavy atom. The van der Waals surface area contributed by atoms with Crippen molar-refractivity contribution < 1.29 is 9.15 Å². The van der Waals surface area contributed by atoms with E-state index in [1.165, 1.54) is 0 Å². The number of nitrogens with zero attached hydrogens (tertiary/aromatic N) is 1. The topological polar surface area (TPSA) is 63.1 Å². The van der Waals surface area contributed by atoms with Crippen LogP contribution >= 0.6 is 11.6 Å². The van der Waals surface area contributed by atoms with E-state index in [2.05, 4.69) is 15.5 Å². The molecule has 0 fully saturated rings. The van der Waals surface area contributed by atoms with E-state index in [0.29, 0.717) is 30.5 Å². The van der Waals surface area contributed by atoms with Gasteiger partial charge in [-0.2, -0.15) is 5.10 Å². The zero-order chi connectivity index (χ0) is 16.1. The summed E-state index contributed by atoms with van der Waals surface area (Å²) in [6.07, 6.45) is 3.48. The number of halogens is 1. The third-order valence-corrected chi connectivity index (χ3v) is 3.73. The van der Waals surface area contributed by atoms with Crippen LogP contribution in [0.3, 0.4) is 0 Å². The number of aromatic amines is 1. The van der Waals surface area contributed by atoms with Crippen molar-refractivity contribution in [2.45, 2.75) is 20.0 Å². The second-order valence-electron chi connectivity index (χ2n) is 5.03. The summed E-state index contributed by atoms with van der Waals surface area (Å²) in [5, 5.41) is 11.1. The Labute approximate surface area is 139 Å². The van der Waals surface area contributed by atoms with E-state index >= 15 is 0 Å². The van der Waals surface area contributed by atoms with Crippen molar-refractivity contribution in [1.29, 1.82) is 0 Å². The number of benzene rings is 1. The lowest BCUT2D eigenvalue weighted by atomic mass is 10.1. The second kappa shape index (κ2) is 7.35. The molecule has 0 radical (unpaired) electrons. The Bertz CT molecular complexity index is 753. The molecule has 3 aromatic rings. The molecule has 0 amide bonds. The summed E-state index contributed by atoms with van der Waals surface area (Å²) >= 11 is 6.26. The lowest BCUT2D eigenvalue weighted by Gasteiger charge is -2.08. The highest BCUT2D eigenvalue weighted by atomic mass is 35.5. The molecule has 2 N–H and O–H groups in total. The summed E-state index contributed by atoms with van der Waals surface area (Å²) < 4.78 is 10.8. The van der Waals surface area contributed by atoms with Crippen molar-refractivity contribution >= 4 is 11.6 Å². The number of hydrogen-bond donors (Lipinski definition) is 2. The maximum absolute atomic E-state index is 6.26. The summed E-state index contributed by atoms with van der Waals surface area (Å²) in [5.74, 6) is 1.59. The lowest BCUT2D eigenvalue weighted by Crippen LogP contribution is -2.12. The molecule has 0 spiro atoms. The number of nitrogens with one attached hydrogen (secondary N) is 2. The molecule has 0 aliphatic rings. The summed E-state index contributed by atoms with van der Waals surface area (Å²) in [7, 11) is 0. The largest absolute Gasteiger partial charge is 0.492 e. The maximum Gasteiger partial charge on any atom is 0.137 e. The third-order valence-electron chi connectivity index (χ3n) is 3.43. The molecular formula is C17H18ClN3O2. The molecule has 0 aliphatic heterocycles. The highest BCUT2D eigenvalue weighted by molar-refractivity contribution is 6.32. The first kappa shape index (κ1) is 15.6. The van der Waals surface area contributed by atoms with Crippen LogP contribution in [0.2, 0.25) is 5.02 Å². The van der Waals surface area contributed by atoms with Gasteiger partial charge in [-0.25, -0.2) is 0 Å². The molecule has 0 bridgehead atoms. The van der Waals surface area contributed by atoms with Gasteiger partial charge in [0.15, 0.2) is 0 Å². The molecular weight excluding hydrogens is 314 g/mol. The predicted octanol–water partition coefficient (Wildman–Crippen LogP) is 4.01. The smallest absolute Gasteiger partial charge is 0.137 e. The van der Waals surface area contributed by atoms with E-state index in [0.717, 1.165) is 22.6 Å². The van der Waals surface area contributed by atoms with Gasteiger partial charge in [0.1, 0.15) is 11.5 Å². The van der Waals surface area contributed by atoms with Crippen molar-refractivity contribution in [1.82, 2.24) is 15.5 Å². The van der Waals surface area contributed by atoms with Gasteiger partial charge < -0.3 is 14.5 Å². The van der Waals surface area contributed by atoms with E-state index < -0.39 is 0 Å². The first-order chi connectivity index (χ1) is 11.3. The first-order valence-electron chi connectivity index (χ1n) is 7.46. The molecule has 0 unspecified atom stereocenters. The van der Waals surface area contributed by atoms with Crippen LogP contribution in [0.1, 0.15) is 18.2 Å². The van der Waals surface area contributed by atoms with Crippen LogP contribution < -0.4 is 10.1 Å². The van der Waals surface area contributed by atoms with Crippen LogP contribution in [0, 0.1) is 0 Å². The number of hydrogen-bond acceptors (Lipinski definition) is 4. The van der Waals surface area contributed by atoms with E-state index in [1.807, 2.05) is 43.5 Å². The minimum absolute atomic E-state index is 0.588. The number of H-pyrrole nitrogens is 1. The van der Waals surface area contributed by atoms with Gasteiger partial charge in [-0.05, 0) is 37.3 Å². The minimum Gasteiger partial charge on any atom is -0.492 e. The van der Waals surface area contributed by atoms with E-state index in [9.17, 15) is 0 Å². The molecule has 120 valence electrons. The molecule has 1 aromatic carbocycles. The Morgan fingerprint density at radius 2 is 2.22 bits per heavy atom. The van der Waals surface area contributed by atoms with Crippen molar-refractivity contribution in [2.75, 3.05) is 6.61 Å². The van der Waals surface area contributed by atoms with Gasteiger partial charge in [0.2, 0.25) is 0 Å². The van der Waals surface area contributed by atoms with Gasteiger partial charge in [-0.1, -0.05) is 11.6 Å². The van der Waals surface area contributed by atoms with Gasteiger partial charge in [-0.15, -0.1) is 0 Å². The molecule has 3 rings (SSSR count). The quantitative estimate of drug-likeness (QED) is 0.686. The van der Waals surface area contributed by atoms with E-state index in [4.69, 9.17) is 20.8 Å². The molecule has 23 heavy (non-hydrogen) atoms. The Morgan fingerprint density at radius 1 is 1.30 bits per heavy atom. The highest BCUT2D eigenvalue weighted by Crippen LogP contribution is 2.31. The lowest BCUT2D eigenvalue weighted by molar-refractivity contribution is 0.340. The maximum atomic E-state index is 6.26. The van der Waals surface area contributed by atoms with Crippen molar-refractivity contribution in [3.05, 3.63) is 59.1 Å². The van der Waals surface area contributed by atoms with Crippen LogP contribution in [-0.4, -0.2) is 16.8 Å². The molecule has 0 saturated carbocycles. The SMILES string of the molecule is CCOc1ccc(-c2[nH]ncc2CNCc2ccco2)cc1Cl. The predicted molar refractivity (Wildman–Crippen MR) is 89.5 cm³/mol. The van der Waals surface area contributed by atoms with Crippen molar-refractivity contribution in [3.8, 4) is 17.0 Å². The standard InChI is InChI=1S/C17H18ClN3O2/c1-2-22-16-6-5-12(8-15(16)18)17-13(10-20-21-17)9-19-11-14-4-3-7-23-14/h3-8,10,19H,2,9,11H2,1H3,(H,20,21). The van der Waals surface area contributed by atoms with Crippen molar-refractivity contribution in [3.63, 3.8) is 0 Å². The summed E-state index contributed by atoms with van der Waals surface area (Å²) in [6, 6.07) is 9.55. The fraction of sp³-hybridized carbons (Fsp3) is 0.235. The van der Waals surface area contributed by atoms with Crippen LogP contribution in [0.15, 0.2) is 47.2 Å². The Balaban J connectivity index is 1.71. The molecule has 0 saturated heterocycles. The Hall–Kier alpha value is -2.24. The van der Waals surface area contributed by atoms with Gasteiger partial charge >= 0.3 is 0 Å². The number of furan rings is 1. The van der Waals surface area contributed by atoms with Crippen LogP contribution in [0.25, 0.3) is 11.3 Å². The third kappa shape index (κ3) is 3.75. The average molecular weight is 332 g/mol. The zero-order valence-corrected chi connectivity index (χ0v) is 13.6. The minimum atomic E-state index is 0.588. The molecule has 2 aromatic heterocycles. The molecule has 0 aliphatic carbocycles. The van der Waals surface area contributed by atoms with Gasteiger partial charge in [0.05, 0.1) is 36.3 Å². The molecule has 2 heterocycles. The molecule has 6 heteroatoms. The average Bonchev–Trinajstić information content (AvgIpc) is 3.21. The molecule has 5 nitrogen and oxygen atoms in total. The van der Waals surface area contributed by atoms with Crippen LogP contribution in [0.4, 0.5) is 0 Å². The fourth-order valence-electron chi connectivity index (χ4n) is 2.36. The van der Waals surface area contributed by atoms with E-state index in [1.54, 1.807) is 6.26 Å². The molecule has 0 atom stereocenters. The van der Waals surface area contributed by atoms with Gasteiger partial charge in [0, 0.05) is 17.7 Å². The van der Waals surface area contributed by atoms with Gasteiger partial charge in [0.25, 0.3) is 0 Å². The Kier molecular flexibility index (Phi) is 5.00.